The van der Waals surface area contributed by atoms with Crippen molar-refractivity contribution in [3.8, 4) is 0 Å². The Morgan fingerprint density at radius 1 is 1.37 bits per heavy atom. The summed E-state index contributed by atoms with van der Waals surface area (Å²) in [5, 5.41) is 0. The number of hydrogen-bond donors (Lipinski definition) is 1. The van der Waals surface area contributed by atoms with Crippen LogP contribution in [0.5, 0.6) is 0 Å². The highest BCUT2D eigenvalue weighted by Gasteiger charge is 2.33. The van der Waals surface area contributed by atoms with Crippen LogP contribution in [0.4, 0.5) is 5.69 Å². The van der Waals surface area contributed by atoms with Gasteiger partial charge in [0.1, 0.15) is 6.04 Å². The fourth-order valence-electron chi connectivity index (χ4n) is 2.45. The number of imide groups is 1. The predicted octanol–water partition coefficient (Wildman–Crippen LogP) is 0.938. The number of amides is 2. The second-order valence-electron chi connectivity index (χ2n) is 4.75. The van der Waals surface area contributed by atoms with Crippen molar-refractivity contribution in [2.75, 3.05) is 12.8 Å². The molecule has 0 bridgehead atoms. The number of anilines is 1. The van der Waals surface area contributed by atoms with E-state index in [9.17, 15) is 9.59 Å². The molecular weight excluding hydrogens is 244 g/mol. The van der Waals surface area contributed by atoms with Crippen molar-refractivity contribution in [1.29, 1.82) is 0 Å². The van der Waals surface area contributed by atoms with Gasteiger partial charge in [-0.1, -0.05) is 0 Å². The zero-order valence-electron chi connectivity index (χ0n) is 10.5. The number of carbonyl (C=O) groups is 2. The number of imidazole rings is 1. The Bertz CT molecular complexity index is 676. The number of piperidine rings is 1. The van der Waals surface area contributed by atoms with Crippen molar-refractivity contribution in [3.05, 3.63) is 24.5 Å². The first-order valence-corrected chi connectivity index (χ1v) is 6.10. The summed E-state index contributed by atoms with van der Waals surface area (Å²) < 4.78 is 1.82. The third-order valence-corrected chi connectivity index (χ3v) is 3.56. The molecule has 98 valence electrons. The molecule has 6 heteroatoms. The molecule has 2 heterocycles. The van der Waals surface area contributed by atoms with Gasteiger partial charge in [0.15, 0.2) is 0 Å². The topological polar surface area (TPSA) is 81.2 Å². The number of aromatic nitrogens is 2. The molecule has 1 aromatic heterocycles. The Balaban J connectivity index is 2.05. The van der Waals surface area contributed by atoms with E-state index < -0.39 is 0 Å². The minimum Gasteiger partial charge on any atom is -0.399 e. The van der Waals surface area contributed by atoms with E-state index in [1.54, 1.807) is 18.5 Å². The number of nitrogens with zero attached hydrogens (tertiary/aromatic N) is 3. The summed E-state index contributed by atoms with van der Waals surface area (Å²) in [7, 11) is 1.52. The first-order valence-electron chi connectivity index (χ1n) is 6.10. The van der Waals surface area contributed by atoms with Gasteiger partial charge in [-0.3, -0.25) is 14.5 Å². The maximum absolute atomic E-state index is 12.2. The number of nitrogens with two attached hydrogens (primary N) is 1. The molecule has 0 spiro atoms. The van der Waals surface area contributed by atoms with E-state index in [1.165, 1.54) is 11.9 Å². The zero-order chi connectivity index (χ0) is 13.6. The standard InChI is InChI=1S/C13H14N4O2/c1-16-12(18)5-4-11(13(16)19)17-7-15-9-6-8(14)2-3-10(9)17/h2-3,6-7,11H,4-5,14H2,1H3. The molecule has 1 atom stereocenters. The van der Waals surface area contributed by atoms with Gasteiger partial charge in [0, 0.05) is 19.2 Å². The highest BCUT2D eigenvalue weighted by atomic mass is 16.2. The minimum absolute atomic E-state index is 0.130. The van der Waals surface area contributed by atoms with Crippen LogP contribution in [0.3, 0.4) is 0 Å². The molecule has 1 aromatic carbocycles. The molecule has 1 fully saturated rings. The predicted molar refractivity (Wildman–Crippen MR) is 70.2 cm³/mol. The summed E-state index contributed by atoms with van der Waals surface area (Å²) in [6, 6.07) is 5.04. The van der Waals surface area contributed by atoms with E-state index in [1.807, 2.05) is 10.6 Å². The zero-order valence-corrected chi connectivity index (χ0v) is 10.5. The SMILES string of the molecule is CN1C(=O)CCC(n2cnc3cc(N)ccc32)C1=O. The largest absolute Gasteiger partial charge is 0.399 e. The Morgan fingerprint density at radius 3 is 2.95 bits per heavy atom. The van der Waals surface area contributed by atoms with Crippen LogP contribution in [-0.4, -0.2) is 33.3 Å². The Hall–Kier alpha value is -2.37. The van der Waals surface area contributed by atoms with Crippen LogP contribution in [0.2, 0.25) is 0 Å². The number of fused-ring (bicyclic) bond motifs is 1. The fourth-order valence-corrected chi connectivity index (χ4v) is 2.45. The van der Waals surface area contributed by atoms with Gasteiger partial charge in [-0.15, -0.1) is 0 Å². The van der Waals surface area contributed by atoms with Crippen molar-refractivity contribution in [2.45, 2.75) is 18.9 Å². The van der Waals surface area contributed by atoms with Crippen LogP contribution in [-0.2, 0) is 9.59 Å². The molecule has 1 saturated heterocycles. The highest BCUT2D eigenvalue weighted by Crippen LogP contribution is 2.27. The van der Waals surface area contributed by atoms with Gasteiger partial charge in [-0.2, -0.15) is 0 Å². The Labute approximate surface area is 109 Å². The molecule has 3 rings (SSSR count). The molecule has 2 amide bonds. The van der Waals surface area contributed by atoms with Crippen molar-refractivity contribution in [3.63, 3.8) is 0 Å². The first-order chi connectivity index (χ1) is 9.08. The number of hydrogen-bond acceptors (Lipinski definition) is 4. The first kappa shape index (κ1) is 11.7. The maximum atomic E-state index is 12.2. The fraction of sp³-hybridized carbons (Fsp3) is 0.308. The van der Waals surface area contributed by atoms with Crippen molar-refractivity contribution >= 4 is 28.5 Å². The summed E-state index contributed by atoms with van der Waals surface area (Å²) in [5.41, 5.74) is 7.96. The van der Waals surface area contributed by atoms with E-state index in [0.29, 0.717) is 18.5 Å². The second-order valence-corrected chi connectivity index (χ2v) is 4.75. The van der Waals surface area contributed by atoms with Crippen molar-refractivity contribution in [2.24, 2.45) is 0 Å². The van der Waals surface area contributed by atoms with Crippen LogP contribution in [0.1, 0.15) is 18.9 Å². The molecule has 1 aliphatic rings. The van der Waals surface area contributed by atoms with E-state index in [2.05, 4.69) is 4.98 Å². The van der Waals surface area contributed by atoms with Crippen LogP contribution in [0.25, 0.3) is 11.0 Å². The molecule has 1 unspecified atom stereocenters. The lowest BCUT2D eigenvalue weighted by Crippen LogP contribution is -2.43. The normalized spacial score (nSPS) is 20.3. The molecule has 6 nitrogen and oxygen atoms in total. The smallest absolute Gasteiger partial charge is 0.252 e. The monoisotopic (exact) mass is 258 g/mol. The van der Waals surface area contributed by atoms with Gasteiger partial charge in [0.25, 0.3) is 5.91 Å². The summed E-state index contributed by atoms with van der Waals surface area (Å²) in [6.07, 6.45) is 2.52. The van der Waals surface area contributed by atoms with Crippen LogP contribution in [0, 0.1) is 0 Å². The molecular formula is C13H14N4O2. The van der Waals surface area contributed by atoms with Gasteiger partial charge in [0.2, 0.25) is 5.91 Å². The van der Waals surface area contributed by atoms with Crippen molar-refractivity contribution in [1.82, 2.24) is 14.5 Å². The molecule has 2 N–H and O–H groups in total. The van der Waals surface area contributed by atoms with Crippen LogP contribution >= 0.6 is 0 Å². The quantitative estimate of drug-likeness (QED) is 0.609. The van der Waals surface area contributed by atoms with Crippen LogP contribution < -0.4 is 5.73 Å². The maximum Gasteiger partial charge on any atom is 0.252 e. The van der Waals surface area contributed by atoms with Gasteiger partial charge in [0.05, 0.1) is 17.4 Å². The van der Waals surface area contributed by atoms with E-state index in [0.717, 1.165) is 11.0 Å². The Kier molecular flexibility index (Phi) is 2.51. The molecule has 0 saturated carbocycles. The van der Waals surface area contributed by atoms with E-state index >= 15 is 0 Å². The summed E-state index contributed by atoms with van der Waals surface area (Å²) in [6.45, 7) is 0. The van der Waals surface area contributed by atoms with Gasteiger partial charge >= 0.3 is 0 Å². The number of benzene rings is 1. The summed E-state index contributed by atoms with van der Waals surface area (Å²) >= 11 is 0. The number of likely N-dealkylation sites (tertiary alicyclic amines) is 1. The van der Waals surface area contributed by atoms with E-state index in [4.69, 9.17) is 5.73 Å². The van der Waals surface area contributed by atoms with Gasteiger partial charge in [-0.25, -0.2) is 4.98 Å². The van der Waals surface area contributed by atoms with E-state index in [-0.39, 0.29) is 17.9 Å². The number of carbonyl (C=O) groups excluding carboxylic acids is 2. The number of nitrogen functional groups attached to an aromatic ring is 1. The lowest BCUT2D eigenvalue weighted by Gasteiger charge is -2.28. The third kappa shape index (κ3) is 1.76. The highest BCUT2D eigenvalue weighted by molar-refractivity contribution is 5.99. The average molecular weight is 258 g/mol. The number of likely N-dealkylation sites (N-methyl/N-ethyl adjacent to an activating group) is 1. The van der Waals surface area contributed by atoms with Gasteiger partial charge < -0.3 is 10.3 Å². The molecule has 0 radical (unpaired) electrons. The summed E-state index contributed by atoms with van der Waals surface area (Å²) in [5.74, 6) is -0.317. The minimum atomic E-state index is -0.365. The summed E-state index contributed by atoms with van der Waals surface area (Å²) in [4.78, 5) is 29.1. The average Bonchev–Trinajstić information content (AvgIpc) is 2.79. The molecule has 2 aromatic rings. The third-order valence-electron chi connectivity index (χ3n) is 3.56. The lowest BCUT2D eigenvalue weighted by molar-refractivity contribution is -0.149. The second kappa shape index (κ2) is 4.08. The molecule has 19 heavy (non-hydrogen) atoms. The number of rotatable bonds is 1. The molecule has 0 aliphatic carbocycles. The Morgan fingerprint density at radius 2 is 2.16 bits per heavy atom. The lowest BCUT2D eigenvalue weighted by atomic mass is 10.0. The molecule has 1 aliphatic heterocycles. The van der Waals surface area contributed by atoms with Gasteiger partial charge in [-0.05, 0) is 24.6 Å². The van der Waals surface area contributed by atoms with Crippen molar-refractivity contribution < 1.29 is 9.59 Å². The van der Waals surface area contributed by atoms with Crippen LogP contribution in [0.15, 0.2) is 24.5 Å².